The number of hydrogen-bond acceptors (Lipinski definition) is 9. The van der Waals surface area contributed by atoms with E-state index in [1.54, 1.807) is 26.0 Å². The Morgan fingerprint density at radius 3 is 2.12 bits per heavy atom. The number of aromatic hydroxyl groups is 1. The number of phenols is 1. The van der Waals surface area contributed by atoms with Crippen molar-refractivity contribution in [2.75, 3.05) is 6.54 Å². The van der Waals surface area contributed by atoms with Gasteiger partial charge in [0.05, 0.1) is 18.6 Å². The highest BCUT2D eigenvalue weighted by Crippen LogP contribution is 2.21. The van der Waals surface area contributed by atoms with Gasteiger partial charge in [-0.1, -0.05) is 26.0 Å². The first-order valence-electron chi connectivity index (χ1n) is 13.6. The number of phenolic OH excluding ortho intramolecular Hbond substituents is 1. The second-order valence-electron chi connectivity index (χ2n) is 10.7. The summed E-state index contributed by atoms with van der Waals surface area (Å²) in [5.41, 5.74) is 11.8. The molecule has 1 aromatic rings. The average molecular weight is 593 g/mol. The molecule has 0 bridgehead atoms. The molecule has 2 rings (SSSR count). The third-order valence-electron chi connectivity index (χ3n) is 6.88. The fourth-order valence-electron chi connectivity index (χ4n) is 4.55. The molecule has 1 heterocycles. The molecule has 0 saturated carbocycles. The molecule has 0 spiro atoms. The number of nitrogens with two attached hydrogens (primary N) is 2. The zero-order valence-corrected chi connectivity index (χ0v) is 23.8. The Bertz CT molecular complexity index is 1160. The van der Waals surface area contributed by atoms with Crippen LogP contribution in [0.2, 0.25) is 0 Å². The molecule has 6 atom stereocenters. The van der Waals surface area contributed by atoms with Gasteiger partial charge < -0.3 is 47.6 Å². The lowest BCUT2D eigenvalue weighted by Crippen LogP contribution is -2.60. The van der Waals surface area contributed by atoms with Crippen molar-refractivity contribution in [1.29, 1.82) is 0 Å². The zero-order valence-electron chi connectivity index (χ0n) is 23.8. The van der Waals surface area contributed by atoms with Crippen LogP contribution in [0.4, 0.5) is 0 Å². The zero-order chi connectivity index (χ0) is 31.7. The summed E-state index contributed by atoms with van der Waals surface area (Å²) in [6.45, 7) is 4.84. The minimum absolute atomic E-state index is 0.0689. The maximum absolute atomic E-state index is 13.6. The number of carboxylic acid groups (broad SMARTS) is 1. The van der Waals surface area contributed by atoms with E-state index in [0.29, 0.717) is 12.0 Å². The Labute approximate surface area is 243 Å². The van der Waals surface area contributed by atoms with Crippen molar-refractivity contribution in [3.8, 4) is 5.75 Å². The summed E-state index contributed by atoms with van der Waals surface area (Å²) in [5, 5.41) is 36.0. The molecule has 0 aliphatic carbocycles. The van der Waals surface area contributed by atoms with Crippen molar-refractivity contribution in [3.63, 3.8) is 0 Å². The number of aliphatic hydroxyl groups is 1. The highest BCUT2D eigenvalue weighted by Gasteiger charge is 2.41. The lowest BCUT2D eigenvalue weighted by molar-refractivity contribution is -0.145. The number of likely N-dealkylation sites (tertiary alicyclic amines) is 1. The van der Waals surface area contributed by atoms with Crippen molar-refractivity contribution < 1.29 is 44.1 Å². The Kier molecular flexibility index (Phi) is 12.2. The molecule has 10 N–H and O–H groups in total. The van der Waals surface area contributed by atoms with E-state index in [0.717, 1.165) is 0 Å². The molecule has 1 aromatic carbocycles. The predicted molar refractivity (Wildman–Crippen MR) is 148 cm³/mol. The minimum atomic E-state index is -1.67. The summed E-state index contributed by atoms with van der Waals surface area (Å²) in [5.74, 6) is -5.74. The smallest absolute Gasteiger partial charge is 0.326 e. The van der Waals surface area contributed by atoms with E-state index < -0.39 is 78.2 Å². The van der Waals surface area contributed by atoms with Crippen LogP contribution in [0.15, 0.2) is 24.3 Å². The highest BCUT2D eigenvalue weighted by atomic mass is 16.4. The van der Waals surface area contributed by atoms with E-state index in [2.05, 4.69) is 16.0 Å². The number of nitrogens with zero attached hydrogens (tertiary/aromatic N) is 1. The largest absolute Gasteiger partial charge is 0.508 e. The fourth-order valence-corrected chi connectivity index (χ4v) is 4.55. The van der Waals surface area contributed by atoms with Crippen molar-refractivity contribution in [2.24, 2.45) is 17.4 Å². The second-order valence-corrected chi connectivity index (χ2v) is 10.7. The lowest BCUT2D eigenvalue weighted by atomic mass is 10.00. The topological polar surface area (TPSA) is 254 Å². The van der Waals surface area contributed by atoms with Gasteiger partial charge in [0.15, 0.2) is 0 Å². The van der Waals surface area contributed by atoms with Crippen LogP contribution in [0, 0.1) is 5.92 Å². The van der Waals surface area contributed by atoms with Crippen molar-refractivity contribution in [1.82, 2.24) is 20.9 Å². The Morgan fingerprint density at radius 1 is 0.976 bits per heavy atom. The molecular formula is C27H40N6O9. The monoisotopic (exact) mass is 592 g/mol. The molecule has 15 heteroatoms. The number of amides is 5. The quantitative estimate of drug-likeness (QED) is 0.115. The molecule has 15 nitrogen and oxygen atoms in total. The van der Waals surface area contributed by atoms with E-state index >= 15 is 0 Å². The third kappa shape index (κ3) is 9.41. The summed E-state index contributed by atoms with van der Waals surface area (Å²) >= 11 is 0. The number of hydrogen-bond donors (Lipinski definition) is 8. The SMILES string of the molecule is CC(C)[C@H](NC(=O)[C@@H](N)Cc1ccc(O)cc1)C(=O)N1CCC[C@H]1C(=O)N[C@H](C(=O)N[C@@H](CC(N)=O)C(=O)O)[C@@H](C)O. The van der Waals surface area contributed by atoms with Gasteiger partial charge in [-0.2, -0.15) is 0 Å². The number of carbonyl (C=O) groups is 6. The number of rotatable bonds is 14. The number of aliphatic carboxylic acids is 1. The van der Waals surface area contributed by atoms with Crippen LogP contribution in [0.25, 0.3) is 0 Å². The summed E-state index contributed by atoms with van der Waals surface area (Å²) in [7, 11) is 0. The summed E-state index contributed by atoms with van der Waals surface area (Å²) in [4.78, 5) is 76.2. The molecule has 1 fully saturated rings. The van der Waals surface area contributed by atoms with Gasteiger partial charge in [-0.3, -0.25) is 24.0 Å². The molecule has 1 aliphatic rings. The molecule has 42 heavy (non-hydrogen) atoms. The van der Waals surface area contributed by atoms with Crippen LogP contribution >= 0.6 is 0 Å². The van der Waals surface area contributed by atoms with E-state index in [9.17, 15) is 44.1 Å². The maximum Gasteiger partial charge on any atom is 0.326 e. The minimum Gasteiger partial charge on any atom is -0.508 e. The summed E-state index contributed by atoms with van der Waals surface area (Å²) in [6.07, 6.45) is -1.31. The van der Waals surface area contributed by atoms with Crippen molar-refractivity contribution in [3.05, 3.63) is 29.8 Å². The molecule has 5 amide bonds. The van der Waals surface area contributed by atoms with Crippen LogP contribution in [-0.2, 0) is 35.2 Å². The number of carbonyl (C=O) groups excluding carboxylic acids is 5. The Morgan fingerprint density at radius 2 is 1.60 bits per heavy atom. The third-order valence-corrected chi connectivity index (χ3v) is 6.88. The Hall–Kier alpha value is -4.24. The van der Waals surface area contributed by atoms with E-state index in [1.807, 2.05) is 0 Å². The number of primary amides is 1. The molecular weight excluding hydrogens is 552 g/mol. The summed E-state index contributed by atoms with van der Waals surface area (Å²) < 4.78 is 0. The highest BCUT2D eigenvalue weighted by molar-refractivity contribution is 5.96. The van der Waals surface area contributed by atoms with E-state index in [-0.39, 0.29) is 31.1 Å². The Balaban J connectivity index is 2.11. The molecule has 0 unspecified atom stereocenters. The van der Waals surface area contributed by atoms with Gasteiger partial charge in [-0.15, -0.1) is 0 Å². The van der Waals surface area contributed by atoms with Crippen molar-refractivity contribution >= 4 is 35.5 Å². The van der Waals surface area contributed by atoms with Gasteiger partial charge in [-0.25, -0.2) is 4.79 Å². The van der Waals surface area contributed by atoms with Crippen LogP contribution in [0.3, 0.4) is 0 Å². The van der Waals surface area contributed by atoms with Gasteiger partial charge in [0.25, 0.3) is 0 Å². The van der Waals surface area contributed by atoms with Gasteiger partial charge in [0.1, 0.15) is 29.9 Å². The number of nitrogens with one attached hydrogen (secondary N) is 3. The van der Waals surface area contributed by atoms with Crippen molar-refractivity contribution in [2.45, 2.75) is 82.8 Å². The first-order valence-corrected chi connectivity index (χ1v) is 13.6. The number of aliphatic hydroxyl groups excluding tert-OH is 1. The molecule has 1 aliphatic heterocycles. The predicted octanol–water partition coefficient (Wildman–Crippen LogP) is -2.30. The average Bonchev–Trinajstić information content (AvgIpc) is 3.40. The van der Waals surface area contributed by atoms with Crippen LogP contribution in [0.1, 0.15) is 45.6 Å². The molecule has 0 radical (unpaired) electrons. The van der Waals surface area contributed by atoms with Crippen LogP contribution in [0.5, 0.6) is 5.75 Å². The first-order chi connectivity index (χ1) is 19.6. The fraction of sp³-hybridized carbons (Fsp3) is 0.556. The van der Waals surface area contributed by atoms with Crippen LogP contribution in [-0.4, -0.2) is 98.6 Å². The second kappa shape index (κ2) is 15.1. The normalized spacial score (nSPS) is 18.3. The summed E-state index contributed by atoms with van der Waals surface area (Å²) in [6, 6.07) is -0.114. The van der Waals surface area contributed by atoms with E-state index in [4.69, 9.17) is 11.5 Å². The van der Waals surface area contributed by atoms with Crippen LogP contribution < -0.4 is 27.4 Å². The van der Waals surface area contributed by atoms with Gasteiger partial charge in [0, 0.05) is 6.54 Å². The number of carboxylic acids is 1. The standard InChI is InChI=1S/C27H40N6O9/c1-13(2)21(31-23(37)17(28)11-15-6-8-16(35)9-7-15)26(40)33-10-4-5-19(33)24(38)32-22(14(3)34)25(39)30-18(27(41)42)12-20(29)36/h6-9,13-14,17-19,21-22,34-35H,4-5,10-12,28H2,1-3H3,(H2,29,36)(H,30,39)(H,31,37)(H,32,38)(H,41,42)/t14-,17+,18+,19+,21+,22+/m1/s1. The molecule has 0 aromatic heterocycles. The van der Waals surface area contributed by atoms with Gasteiger partial charge in [-0.05, 0) is 49.8 Å². The first kappa shape index (κ1) is 34.0. The van der Waals surface area contributed by atoms with Gasteiger partial charge >= 0.3 is 5.97 Å². The molecule has 1 saturated heterocycles. The maximum atomic E-state index is 13.6. The lowest BCUT2D eigenvalue weighted by Gasteiger charge is -2.32. The van der Waals surface area contributed by atoms with Gasteiger partial charge in [0.2, 0.25) is 29.5 Å². The number of benzene rings is 1. The van der Waals surface area contributed by atoms with E-state index in [1.165, 1.54) is 24.0 Å². The molecule has 232 valence electrons.